The lowest BCUT2D eigenvalue weighted by Crippen LogP contribution is -2.30. The Kier molecular flexibility index (Phi) is 5.60. The first-order valence-electron chi connectivity index (χ1n) is 7.05. The number of carbonyl (C=O) groups excluding carboxylic acids is 2. The van der Waals surface area contributed by atoms with Gasteiger partial charge in [-0.25, -0.2) is 0 Å². The van der Waals surface area contributed by atoms with Crippen LogP contribution < -0.4 is 15.4 Å². The van der Waals surface area contributed by atoms with Crippen molar-refractivity contribution in [3.05, 3.63) is 53.6 Å². The van der Waals surface area contributed by atoms with Crippen molar-refractivity contribution >= 4 is 34.8 Å². The lowest BCUT2D eigenvalue weighted by atomic mass is 10.2. The normalized spacial score (nSPS) is 11.4. The van der Waals surface area contributed by atoms with E-state index in [4.69, 9.17) is 16.3 Å². The minimum Gasteiger partial charge on any atom is -0.481 e. The molecule has 2 N–H and O–H groups in total. The van der Waals surface area contributed by atoms with Crippen molar-refractivity contribution in [2.75, 3.05) is 10.6 Å². The Labute approximate surface area is 139 Å². The lowest BCUT2D eigenvalue weighted by Gasteiger charge is -2.15. The average Bonchev–Trinajstić information content (AvgIpc) is 2.51. The molecule has 5 nitrogen and oxygen atoms in total. The third-order valence-electron chi connectivity index (χ3n) is 2.97. The molecule has 0 heterocycles. The minimum atomic E-state index is -0.669. The van der Waals surface area contributed by atoms with Gasteiger partial charge in [-0.05, 0) is 55.5 Å². The number of ether oxygens (including phenoxy) is 1. The van der Waals surface area contributed by atoms with E-state index >= 15 is 0 Å². The molecule has 2 rings (SSSR count). The van der Waals surface area contributed by atoms with Crippen molar-refractivity contribution in [3.8, 4) is 5.75 Å². The third kappa shape index (κ3) is 5.30. The van der Waals surface area contributed by atoms with Gasteiger partial charge in [0.1, 0.15) is 5.75 Å². The van der Waals surface area contributed by atoms with Gasteiger partial charge in [-0.1, -0.05) is 11.6 Å². The van der Waals surface area contributed by atoms with Gasteiger partial charge in [-0.15, -0.1) is 0 Å². The summed E-state index contributed by atoms with van der Waals surface area (Å²) < 4.78 is 5.58. The number of carbonyl (C=O) groups is 2. The first-order valence-corrected chi connectivity index (χ1v) is 7.42. The highest BCUT2D eigenvalue weighted by Gasteiger charge is 2.14. The Bertz CT molecular complexity index is 684. The quantitative estimate of drug-likeness (QED) is 0.877. The second kappa shape index (κ2) is 7.65. The van der Waals surface area contributed by atoms with Gasteiger partial charge in [-0.2, -0.15) is 0 Å². The van der Waals surface area contributed by atoms with Crippen LogP contribution >= 0.6 is 11.6 Å². The van der Waals surface area contributed by atoms with Gasteiger partial charge in [-0.3, -0.25) is 9.59 Å². The second-order valence-corrected chi connectivity index (χ2v) is 5.40. The summed E-state index contributed by atoms with van der Waals surface area (Å²) >= 11 is 5.80. The molecule has 0 aromatic heterocycles. The highest BCUT2D eigenvalue weighted by Crippen LogP contribution is 2.18. The molecule has 2 aromatic carbocycles. The van der Waals surface area contributed by atoms with Crippen LogP contribution in [0.5, 0.6) is 5.75 Å². The van der Waals surface area contributed by atoms with Crippen molar-refractivity contribution in [2.45, 2.75) is 20.0 Å². The number of halogens is 1. The molecule has 1 atom stereocenters. The molecule has 0 saturated carbocycles. The summed E-state index contributed by atoms with van der Waals surface area (Å²) in [6, 6.07) is 13.6. The average molecular weight is 333 g/mol. The minimum absolute atomic E-state index is 0.144. The molecule has 23 heavy (non-hydrogen) atoms. The van der Waals surface area contributed by atoms with E-state index in [2.05, 4.69) is 10.6 Å². The van der Waals surface area contributed by atoms with E-state index in [1.54, 1.807) is 55.5 Å². The molecule has 0 radical (unpaired) electrons. The van der Waals surface area contributed by atoms with Crippen LogP contribution in [0.25, 0.3) is 0 Å². The molecule has 120 valence electrons. The molecular formula is C17H17ClN2O3. The predicted octanol–water partition coefficient (Wildman–Crippen LogP) is 3.70. The zero-order valence-electron chi connectivity index (χ0n) is 12.8. The van der Waals surface area contributed by atoms with E-state index < -0.39 is 6.10 Å². The summed E-state index contributed by atoms with van der Waals surface area (Å²) in [5, 5.41) is 6.01. The molecule has 0 aliphatic rings. The van der Waals surface area contributed by atoms with Gasteiger partial charge in [0.15, 0.2) is 6.10 Å². The van der Waals surface area contributed by atoms with Gasteiger partial charge in [0.25, 0.3) is 5.91 Å². The Morgan fingerprint density at radius 2 is 1.48 bits per heavy atom. The highest BCUT2D eigenvalue weighted by atomic mass is 35.5. The summed E-state index contributed by atoms with van der Waals surface area (Å²) in [5.74, 6) is 0.130. The molecule has 0 bridgehead atoms. The smallest absolute Gasteiger partial charge is 0.265 e. The molecule has 0 unspecified atom stereocenters. The fourth-order valence-electron chi connectivity index (χ4n) is 1.85. The van der Waals surface area contributed by atoms with Gasteiger partial charge in [0.2, 0.25) is 5.91 Å². The summed E-state index contributed by atoms with van der Waals surface area (Å²) in [6.07, 6.45) is -0.669. The van der Waals surface area contributed by atoms with E-state index in [0.717, 1.165) is 0 Å². The Morgan fingerprint density at radius 1 is 0.957 bits per heavy atom. The lowest BCUT2D eigenvalue weighted by molar-refractivity contribution is -0.122. The Hall–Kier alpha value is -2.53. The number of nitrogens with one attached hydrogen (secondary N) is 2. The molecule has 6 heteroatoms. The molecule has 0 aliphatic heterocycles. The number of amides is 2. The first kappa shape index (κ1) is 16.8. The molecule has 2 amide bonds. The molecule has 2 aromatic rings. The van der Waals surface area contributed by atoms with Crippen molar-refractivity contribution in [2.24, 2.45) is 0 Å². The van der Waals surface area contributed by atoms with Gasteiger partial charge in [0.05, 0.1) is 0 Å². The second-order valence-electron chi connectivity index (χ2n) is 4.96. The Balaban J connectivity index is 1.92. The molecule has 0 spiro atoms. The van der Waals surface area contributed by atoms with Crippen molar-refractivity contribution in [1.29, 1.82) is 0 Å². The number of rotatable bonds is 5. The fraction of sp³-hybridized carbons (Fsp3) is 0.176. The van der Waals surface area contributed by atoms with Crippen molar-refractivity contribution in [1.82, 2.24) is 0 Å². The SMILES string of the molecule is CC(=O)Nc1ccc(O[C@@H](C)C(=O)Nc2ccc(Cl)cc2)cc1. The predicted molar refractivity (Wildman–Crippen MR) is 90.9 cm³/mol. The zero-order valence-corrected chi connectivity index (χ0v) is 13.6. The number of hydrogen-bond donors (Lipinski definition) is 2. The van der Waals surface area contributed by atoms with Gasteiger partial charge in [0, 0.05) is 23.3 Å². The monoisotopic (exact) mass is 332 g/mol. The number of anilines is 2. The number of hydrogen-bond acceptors (Lipinski definition) is 3. The van der Waals surface area contributed by atoms with Crippen LogP contribution in [-0.4, -0.2) is 17.9 Å². The Morgan fingerprint density at radius 3 is 2.04 bits per heavy atom. The maximum Gasteiger partial charge on any atom is 0.265 e. The van der Waals surface area contributed by atoms with E-state index in [1.807, 2.05) is 0 Å². The highest BCUT2D eigenvalue weighted by molar-refractivity contribution is 6.30. The summed E-state index contributed by atoms with van der Waals surface area (Å²) in [5.41, 5.74) is 1.32. The van der Waals surface area contributed by atoms with Crippen LogP contribution in [0.15, 0.2) is 48.5 Å². The van der Waals surface area contributed by atoms with Crippen LogP contribution in [0.3, 0.4) is 0 Å². The molecule has 0 saturated heterocycles. The van der Waals surface area contributed by atoms with E-state index in [-0.39, 0.29) is 11.8 Å². The van der Waals surface area contributed by atoms with Crippen LogP contribution in [0, 0.1) is 0 Å². The van der Waals surface area contributed by atoms with Gasteiger partial charge >= 0.3 is 0 Å². The third-order valence-corrected chi connectivity index (χ3v) is 3.22. The molecule has 0 aliphatic carbocycles. The maximum absolute atomic E-state index is 12.1. The molecule has 0 fully saturated rings. The number of benzene rings is 2. The van der Waals surface area contributed by atoms with Crippen molar-refractivity contribution in [3.63, 3.8) is 0 Å². The standard InChI is InChI=1S/C17H17ClN2O3/c1-11(17(22)20-15-5-3-13(18)4-6-15)23-16-9-7-14(8-10-16)19-12(2)21/h3-11H,1-2H3,(H,19,21)(H,20,22)/t11-/m0/s1. The van der Waals surface area contributed by atoms with Crippen LogP contribution in [0.1, 0.15) is 13.8 Å². The summed E-state index contributed by atoms with van der Waals surface area (Å²) in [4.78, 5) is 23.0. The topological polar surface area (TPSA) is 67.4 Å². The van der Waals surface area contributed by atoms with Crippen LogP contribution in [0.2, 0.25) is 5.02 Å². The van der Waals surface area contributed by atoms with Crippen LogP contribution in [-0.2, 0) is 9.59 Å². The zero-order chi connectivity index (χ0) is 16.8. The maximum atomic E-state index is 12.1. The fourth-order valence-corrected chi connectivity index (χ4v) is 1.98. The first-order chi connectivity index (χ1) is 10.9. The van der Waals surface area contributed by atoms with Crippen LogP contribution in [0.4, 0.5) is 11.4 Å². The van der Waals surface area contributed by atoms with E-state index in [9.17, 15) is 9.59 Å². The van der Waals surface area contributed by atoms with Crippen molar-refractivity contribution < 1.29 is 14.3 Å². The van der Waals surface area contributed by atoms with E-state index in [0.29, 0.717) is 22.1 Å². The summed E-state index contributed by atoms with van der Waals surface area (Å²) in [6.45, 7) is 3.10. The molecular weight excluding hydrogens is 316 g/mol. The van der Waals surface area contributed by atoms with Gasteiger partial charge < -0.3 is 15.4 Å². The largest absolute Gasteiger partial charge is 0.481 e. The van der Waals surface area contributed by atoms with E-state index in [1.165, 1.54) is 6.92 Å². The summed E-state index contributed by atoms with van der Waals surface area (Å²) in [7, 11) is 0.